The molecule has 1 aromatic heterocycles. The SMILES string of the molecule is Cc1ccc(N2C(=O)[C@H]3[C@H]4C[C@@H]([C@@H]3C2=O)[C@H]2[C@H](c3ccccc3OCc3ccccc3)c3sc(=O)[nH]c3S[C@H]42)cc1. The van der Waals surface area contributed by atoms with Gasteiger partial charge in [0.2, 0.25) is 11.8 Å². The third-order valence-electron chi connectivity index (χ3n) is 9.51. The summed E-state index contributed by atoms with van der Waals surface area (Å²) in [6.45, 7) is 2.44. The van der Waals surface area contributed by atoms with E-state index in [4.69, 9.17) is 4.74 Å². The van der Waals surface area contributed by atoms with Crippen molar-refractivity contribution in [2.45, 2.75) is 36.1 Å². The molecule has 2 saturated carbocycles. The molecule has 2 aliphatic carbocycles. The number of thiazole rings is 1. The van der Waals surface area contributed by atoms with Gasteiger partial charge in [0, 0.05) is 21.6 Å². The number of amides is 2. The van der Waals surface area contributed by atoms with Gasteiger partial charge in [-0.2, -0.15) is 0 Å². The molecule has 0 unspecified atom stereocenters. The Bertz CT molecular complexity index is 1730. The number of imide groups is 1. The van der Waals surface area contributed by atoms with Crippen molar-refractivity contribution in [3.63, 3.8) is 0 Å². The van der Waals surface area contributed by atoms with Crippen LogP contribution >= 0.6 is 23.1 Å². The predicted octanol–water partition coefficient (Wildman–Crippen LogP) is 6.00. The minimum Gasteiger partial charge on any atom is -0.489 e. The minimum atomic E-state index is -0.326. The van der Waals surface area contributed by atoms with Crippen LogP contribution in [-0.4, -0.2) is 22.0 Å². The molecule has 206 valence electrons. The molecule has 3 aromatic carbocycles. The molecule has 3 fully saturated rings. The molecule has 7 atom stereocenters. The lowest BCUT2D eigenvalue weighted by molar-refractivity contribution is -0.123. The molecule has 0 radical (unpaired) electrons. The van der Waals surface area contributed by atoms with Gasteiger partial charge in [-0.3, -0.25) is 19.3 Å². The number of para-hydroxylation sites is 1. The third-order valence-corrected chi connectivity index (χ3v) is 12.1. The van der Waals surface area contributed by atoms with Gasteiger partial charge in [-0.25, -0.2) is 0 Å². The maximum atomic E-state index is 14.0. The number of benzene rings is 3. The minimum absolute atomic E-state index is 0.0620. The molecular weight excluding hydrogens is 553 g/mol. The number of carbonyl (C=O) groups excluding carboxylic acids is 2. The average Bonchev–Trinajstić information content (AvgIpc) is 3.72. The van der Waals surface area contributed by atoms with Gasteiger partial charge in [0.25, 0.3) is 0 Å². The maximum Gasteiger partial charge on any atom is 0.305 e. The fourth-order valence-electron chi connectivity index (χ4n) is 7.92. The predicted molar refractivity (Wildman–Crippen MR) is 159 cm³/mol. The van der Waals surface area contributed by atoms with Crippen LogP contribution in [-0.2, 0) is 16.2 Å². The Morgan fingerprint density at radius 2 is 1.59 bits per heavy atom. The van der Waals surface area contributed by atoms with E-state index in [0.29, 0.717) is 12.3 Å². The number of carbonyl (C=O) groups is 2. The number of aryl methyl sites for hydroxylation is 1. The molecule has 0 spiro atoms. The second-order valence-corrected chi connectivity index (χ2v) is 13.8. The largest absolute Gasteiger partial charge is 0.489 e. The van der Waals surface area contributed by atoms with Gasteiger partial charge in [0.1, 0.15) is 12.4 Å². The van der Waals surface area contributed by atoms with E-state index in [2.05, 4.69) is 11.1 Å². The zero-order chi connectivity index (χ0) is 27.8. The number of nitrogens with zero attached hydrogens (tertiary/aromatic N) is 1. The van der Waals surface area contributed by atoms with E-state index in [9.17, 15) is 14.4 Å². The Morgan fingerprint density at radius 3 is 2.37 bits per heavy atom. The van der Waals surface area contributed by atoms with Crippen LogP contribution < -0.4 is 14.5 Å². The van der Waals surface area contributed by atoms with Gasteiger partial charge in [-0.15, -0.1) is 11.8 Å². The van der Waals surface area contributed by atoms with Crippen molar-refractivity contribution in [3.8, 4) is 5.75 Å². The van der Waals surface area contributed by atoms with Gasteiger partial charge in [-0.05, 0) is 54.9 Å². The van der Waals surface area contributed by atoms with Crippen LogP contribution in [0.4, 0.5) is 5.69 Å². The number of H-pyrrole nitrogens is 1. The number of aromatic amines is 1. The lowest BCUT2D eigenvalue weighted by Crippen LogP contribution is -2.42. The lowest BCUT2D eigenvalue weighted by Gasteiger charge is -2.43. The van der Waals surface area contributed by atoms with Crippen LogP contribution in [0.25, 0.3) is 0 Å². The fourth-order valence-corrected chi connectivity index (χ4v) is 10.8. The highest BCUT2D eigenvalue weighted by Gasteiger charge is 2.69. The number of rotatable bonds is 5. The highest BCUT2D eigenvalue weighted by molar-refractivity contribution is 8.00. The second kappa shape index (κ2) is 9.46. The number of anilines is 1. The molecule has 6 nitrogen and oxygen atoms in total. The van der Waals surface area contributed by atoms with E-state index in [1.807, 2.05) is 79.7 Å². The molecule has 1 saturated heterocycles. The second-order valence-electron chi connectivity index (χ2n) is 11.6. The molecule has 41 heavy (non-hydrogen) atoms. The Morgan fingerprint density at radius 1 is 0.878 bits per heavy atom. The van der Waals surface area contributed by atoms with Crippen LogP contribution in [0.1, 0.15) is 33.9 Å². The monoisotopic (exact) mass is 580 g/mol. The topological polar surface area (TPSA) is 79.5 Å². The van der Waals surface area contributed by atoms with Crippen LogP contribution in [0.2, 0.25) is 0 Å². The molecule has 2 amide bonds. The fraction of sp³-hybridized carbons (Fsp3) is 0.303. The highest BCUT2D eigenvalue weighted by Crippen LogP contribution is 2.69. The van der Waals surface area contributed by atoms with Crippen molar-refractivity contribution >= 4 is 40.6 Å². The first-order valence-corrected chi connectivity index (χ1v) is 15.8. The normalized spacial score (nSPS) is 29.4. The Kier molecular flexibility index (Phi) is 5.80. The summed E-state index contributed by atoms with van der Waals surface area (Å²) in [5, 5.41) is 1.04. The van der Waals surface area contributed by atoms with Crippen LogP contribution in [0.5, 0.6) is 5.75 Å². The quantitative estimate of drug-likeness (QED) is 0.293. The van der Waals surface area contributed by atoms with E-state index in [0.717, 1.165) is 38.8 Å². The number of hydrogen-bond donors (Lipinski definition) is 1. The van der Waals surface area contributed by atoms with Crippen molar-refractivity contribution in [1.82, 2.24) is 4.98 Å². The summed E-state index contributed by atoms with van der Waals surface area (Å²) in [5.74, 6) is 0.222. The number of fused-ring (bicyclic) bond motifs is 9. The highest BCUT2D eigenvalue weighted by atomic mass is 32.2. The molecule has 3 heterocycles. The lowest BCUT2D eigenvalue weighted by atomic mass is 9.68. The first-order valence-electron chi connectivity index (χ1n) is 14.1. The summed E-state index contributed by atoms with van der Waals surface area (Å²) in [6, 6.07) is 25.9. The zero-order valence-corrected chi connectivity index (χ0v) is 24.0. The van der Waals surface area contributed by atoms with E-state index in [1.54, 1.807) is 11.8 Å². The molecular formula is C33H28N2O4S2. The van der Waals surface area contributed by atoms with E-state index >= 15 is 0 Å². The zero-order valence-electron chi connectivity index (χ0n) is 22.4. The molecule has 2 aliphatic heterocycles. The Hall–Kier alpha value is -3.62. The van der Waals surface area contributed by atoms with E-state index in [-0.39, 0.29) is 57.4 Å². The number of ether oxygens (including phenoxy) is 1. The van der Waals surface area contributed by atoms with Crippen molar-refractivity contribution in [2.75, 3.05) is 4.90 Å². The van der Waals surface area contributed by atoms with Crippen molar-refractivity contribution in [2.24, 2.45) is 29.6 Å². The standard InChI is InChI=1S/C33H28N2O4S2/c1-17-11-13-19(14-12-17)35-31(36)26-21-15-22(27(26)32(35)37)28-25(21)24(29-30(40-28)34-33(38)41-29)20-9-5-6-10-23(20)39-16-18-7-3-2-4-8-18/h2-14,21-22,24-28H,15-16H2,1H3,(H,34,38)/t21-,22-,24+,25+,26+,27+,28-/m1/s1. The number of thioether (sulfide) groups is 1. The number of nitrogens with one attached hydrogen (secondary N) is 1. The van der Waals surface area contributed by atoms with Crippen molar-refractivity contribution in [3.05, 3.63) is 110 Å². The van der Waals surface area contributed by atoms with Gasteiger partial charge < -0.3 is 9.72 Å². The van der Waals surface area contributed by atoms with E-state index in [1.165, 1.54) is 16.2 Å². The Balaban J connectivity index is 1.19. The molecule has 8 rings (SSSR count). The smallest absolute Gasteiger partial charge is 0.305 e. The first-order chi connectivity index (χ1) is 20.0. The van der Waals surface area contributed by atoms with E-state index < -0.39 is 0 Å². The molecule has 4 aromatic rings. The van der Waals surface area contributed by atoms with Crippen LogP contribution in [0.3, 0.4) is 0 Å². The summed E-state index contributed by atoms with van der Waals surface area (Å²) in [7, 11) is 0. The summed E-state index contributed by atoms with van der Waals surface area (Å²) < 4.78 is 6.42. The first kappa shape index (κ1) is 25.1. The van der Waals surface area contributed by atoms with Crippen molar-refractivity contribution in [1.29, 1.82) is 0 Å². The van der Waals surface area contributed by atoms with Gasteiger partial charge >= 0.3 is 4.87 Å². The number of hydrogen-bond acceptors (Lipinski definition) is 6. The molecule has 2 bridgehead atoms. The van der Waals surface area contributed by atoms with Gasteiger partial charge in [0.15, 0.2) is 0 Å². The van der Waals surface area contributed by atoms with Crippen molar-refractivity contribution < 1.29 is 14.3 Å². The average molecular weight is 581 g/mol. The molecule has 4 aliphatic rings. The van der Waals surface area contributed by atoms with Crippen LogP contribution in [0.15, 0.2) is 88.7 Å². The van der Waals surface area contributed by atoms with Gasteiger partial charge in [0.05, 0.1) is 22.5 Å². The molecule has 1 N–H and O–H groups in total. The van der Waals surface area contributed by atoms with Crippen LogP contribution in [0, 0.1) is 36.5 Å². The Labute approximate surface area is 245 Å². The summed E-state index contributed by atoms with van der Waals surface area (Å²) in [5.41, 5.74) is 3.88. The molecule has 8 heteroatoms. The summed E-state index contributed by atoms with van der Waals surface area (Å²) in [6.07, 6.45) is 0.861. The summed E-state index contributed by atoms with van der Waals surface area (Å²) in [4.78, 5) is 46.0. The summed E-state index contributed by atoms with van der Waals surface area (Å²) >= 11 is 2.98. The maximum absolute atomic E-state index is 14.0. The van der Waals surface area contributed by atoms with Gasteiger partial charge in [-0.1, -0.05) is 77.6 Å². The number of aromatic nitrogens is 1. The third kappa shape index (κ3) is 3.80.